The van der Waals surface area contributed by atoms with Crippen LogP contribution in [0.2, 0.25) is 0 Å². The van der Waals surface area contributed by atoms with Crippen LogP contribution >= 0.6 is 0 Å². The lowest BCUT2D eigenvalue weighted by Crippen LogP contribution is -2.57. The van der Waals surface area contributed by atoms with Gasteiger partial charge in [0, 0.05) is 18.3 Å². The zero-order valence-electron chi connectivity index (χ0n) is 16.9. The summed E-state index contributed by atoms with van der Waals surface area (Å²) in [4.78, 5) is 30.3. The number of fused-ring (bicyclic) bond motifs is 3. The fourth-order valence-electron chi connectivity index (χ4n) is 5.18. The lowest BCUT2D eigenvalue weighted by molar-refractivity contribution is -0.148. The van der Waals surface area contributed by atoms with E-state index in [4.69, 9.17) is 0 Å². The molecule has 0 spiro atoms. The average molecular weight is 385 g/mol. The lowest BCUT2D eigenvalue weighted by atomic mass is 9.45. The van der Waals surface area contributed by atoms with E-state index in [1.165, 1.54) is 4.68 Å². The van der Waals surface area contributed by atoms with Crippen LogP contribution in [0, 0.1) is 23.2 Å². The third-order valence-electron chi connectivity index (χ3n) is 7.01. The topological polar surface area (TPSA) is 64.0 Å². The zero-order valence-corrected chi connectivity index (χ0v) is 16.9. The van der Waals surface area contributed by atoms with Gasteiger partial charge in [0.2, 0.25) is 5.91 Å². The summed E-state index contributed by atoms with van der Waals surface area (Å²) in [7, 11) is 0. The van der Waals surface area contributed by atoms with Crippen molar-refractivity contribution in [3.8, 4) is 0 Å². The third-order valence-corrected chi connectivity index (χ3v) is 7.01. The Morgan fingerprint density at radius 1 is 1.32 bits per heavy atom. The van der Waals surface area contributed by atoms with E-state index in [2.05, 4.69) is 24.3 Å². The Morgan fingerprint density at radius 3 is 2.71 bits per heavy atom. The number of alkyl halides is 1. The highest BCUT2D eigenvalue weighted by Gasteiger charge is 2.58. The summed E-state index contributed by atoms with van der Waals surface area (Å²) in [6.07, 6.45) is 0.688. The molecule has 3 fully saturated rings. The Hall–Kier alpha value is -2.24. The van der Waals surface area contributed by atoms with Crippen LogP contribution in [0.15, 0.2) is 29.1 Å². The maximum absolute atomic E-state index is 14.6. The van der Waals surface area contributed by atoms with Crippen molar-refractivity contribution in [2.45, 2.75) is 59.0 Å². The van der Waals surface area contributed by atoms with Crippen molar-refractivity contribution < 1.29 is 9.18 Å². The van der Waals surface area contributed by atoms with Gasteiger partial charge >= 0.3 is 0 Å². The maximum Gasteiger partial charge on any atom is 0.280 e. The minimum absolute atomic E-state index is 0.0486. The monoisotopic (exact) mass is 385 g/mol. The molecule has 4 atom stereocenters. The number of carbonyl (C=O) groups excluding carboxylic acids is 1. The largest absolute Gasteiger partial charge is 0.280 e. The number of nitrogens with zero attached hydrogens (tertiary/aromatic N) is 2. The van der Waals surface area contributed by atoms with E-state index in [0.29, 0.717) is 29.1 Å². The summed E-state index contributed by atoms with van der Waals surface area (Å²) in [5, 5.41) is 0.455. The Morgan fingerprint density at radius 2 is 2.04 bits per heavy atom. The summed E-state index contributed by atoms with van der Waals surface area (Å²) in [5.41, 5.74) is 3.13. The van der Waals surface area contributed by atoms with Crippen LogP contribution in [-0.2, 0) is 4.79 Å². The number of amides is 1. The predicted octanol–water partition coefficient (Wildman–Crippen LogP) is 4.00. The number of hydrogen-bond donors (Lipinski definition) is 1. The second kappa shape index (κ2) is 6.68. The fourth-order valence-corrected chi connectivity index (χ4v) is 5.18. The molecule has 150 valence electrons. The first-order valence-electron chi connectivity index (χ1n) is 10.2. The van der Waals surface area contributed by atoms with Crippen LogP contribution in [0.25, 0.3) is 10.9 Å². The molecule has 0 aliphatic heterocycles. The number of para-hydroxylation sites is 1. The first-order valence-corrected chi connectivity index (χ1v) is 10.2. The zero-order chi connectivity index (χ0) is 20.2. The molecule has 3 aliphatic rings. The Labute approximate surface area is 164 Å². The van der Waals surface area contributed by atoms with E-state index in [0.717, 1.165) is 6.42 Å². The van der Waals surface area contributed by atoms with E-state index in [1.807, 2.05) is 19.9 Å². The molecule has 1 heterocycles. The van der Waals surface area contributed by atoms with Gasteiger partial charge in [-0.25, -0.2) is 14.1 Å². The van der Waals surface area contributed by atoms with E-state index in [1.54, 1.807) is 18.2 Å². The van der Waals surface area contributed by atoms with Crippen LogP contribution in [0.3, 0.4) is 0 Å². The summed E-state index contributed by atoms with van der Waals surface area (Å²) >= 11 is 0. The van der Waals surface area contributed by atoms with Crippen LogP contribution < -0.4 is 11.0 Å². The molecule has 6 heteroatoms. The normalized spacial score (nSPS) is 28.2. The van der Waals surface area contributed by atoms with Crippen molar-refractivity contribution in [2.75, 3.05) is 5.43 Å². The molecule has 2 aromatic rings. The fraction of sp³-hybridized carbons (Fsp3) is 0.591. The number of nitrogens with one attached hydrogen (secondary N) is 1. The Bertz CT molecular complexity index is 981. The van der Waals surface area contributed by atoms with E-state index in [9.17, 15) is 14.0 Å². The quantitative estimate of drug-likeness (QED) is 0.865. The Kier molecular flexibility index (Phi) is 4.55. The number of rotatable bonds is 4. The second-order valence-electron chi connectivity index (χ2n) is 9.30. The Balaban J connectivity index is 1.61. The third kappa shape index (κ3) is 2.93. The molecule has 0 saturated heterocycles. The molecule has 0 radical (unpaired) electrons. The van der Waals surface area contributed by atoms with Gasteiger partial charge in [0.25, 0.3) is 5.56 Å². The van der Waals surface area contributed by atoms with Gasteiger partial charge in [0.15, 0.2) is 0 Å². The predicted molar refractivity (Wildman–Crippen MR) is 107 cm³/mol. The van der Waals surface area contributed by atoms with E-state index >= 15 is 0 Å². The second-order valence-corrected chi connectivity index (χ2v) is 9.30. The molecule has 2 bridgehead atoms. The highest BCUT2D eigenvalue weighted by Crippen LogP contribution is 2.62. The number of benzene rings is 1. The van der Waals surface area contributed by atoms with Gasteiger partial charge in [0.05, 0.1) is 10.9 Å². The standard InChI is InChI=1S/C22H28FN3O2/c1-12(2)20-24-18-8-6-5-7-14(18)21(28)26(20)25-19(27)11-15-16-9-13(10-17(15)23)22(16,3)4/h5-8,12-13,15-17H,9-11H2,1-4H3,(H,25,27)/t13-,15?,16?,17-/m1/s1. The molecule has 28 heavy (non-hydrogen) atoms. The molecule has 2 unspecified atom stereocenters. The molecule has 3 aliphatic carbocycles. The molecule has 1 N–H and O–H groups in total. The first-order chi connectivity index (χ1) is 13.2. The van der Waals surface area contributed by atoms with Gasteiger partial charge in [-0.1, -0.05) is 39.8 Å². The maximum atomic E-state index is 14.6. The highest BCUT2D eigenvalue weighted by molar-refractivity contribution is 5.85. The van der Waals surface area contributed by atoms with E-state index in [-0.39, 0.29) is 41.1 Å². The molecule has 3 saturated carbocycles. The van der Waals surface area contributed by atoms with Gasteiger partial charge in [-0.05, 0) is 42.2 Å². The first kappa shape index (κ1) is 19.1. The minimum atomic E-state index is -0.946. The van der Waals surface area contributed by atoms with Crippen molar-refractivity contribution in [2.24, 2.45) is 23.2 Å². The number of carbonyl (C=O) groups is 1. The summed E-state index contributed by atoms with van der Waals surface area (Å²) in [6.45, 7) is 8.21. The van der Waals surface area contributed by atoms with Crippen molar-refractivity contribution in [1.29, 1.82) is 0 Å². The average Bonchev–Trinajstić information content (AvgIpc) is 2.64. The smallest absolute Gasteiger partial charge is 0.273 e. The molecule has 5 rings (SSSR count). The number of hydrogen-bond acceptors (Lipinski definition) is 3. The van der Waals surface area contributed by atoms with Crippen LogP contribution in [0.5, 0.6) is 0 Å². The molecule has 1 aromatic heterocycles. The van der Waals surface area contributed by atoms with Crippen molar-refractivity contribution in [3.63, 3.8) is 0 Å². The van der Waals surface area contributed by atoms with Crippen molar-refractivity contribution in [1.82, 2.24) is 9.66 Å². The summed E-state index contributed by atoms with van der Waals surface area (Å²) < 4.78 is 15.9. The molecule has 1 amide bonds. The van der Waals surface area contributed by atoms with Gasteiger partial charge in [-0.3, -0.25) is 15.0 Å². The molecular weight excluding hydrogens is 357 g/mol. The van der Waals surface area contributed by atoms with Gasteiger partial charge in [-0.2, -0.15) is 0 Å². The summed E-state index contributed by atoms with van der Waals surface area (Å²) in [6, 6.07) is 7.10. The summed E-state index contributed by atoms with van der Waals surface area (Å²) in [5.74, 6) is 0.491. The van der Waals surface area contributed by atoms with Gasteiger partial charge in [-0.15, -0.1) is 0 Å². The molecule has 5 nitrogen and oxygen atoms in total. The lowest BCUT2D eigenvalue weighted by Gasteiger charge is -2.61. The SMILES string of the molecule is CC(C)c1nc2ccccc2c(=O)n1NC(=O)CC1C2C[C@H](C[C@H]1F)C2(C)C. The van der Waals surface area contributed by atoms with Crippen LogP contribution in [0.1, 0.15) is 58.7 Å². The molecule has 1 aromatic carbocycles. The van der Waals surface area contributed by atoms with Crippen LogP contribution in [0.4, 0.5) is 4.39 Å². The highest BCUT2D eigenvalue weighted by atomic mass is 19.1. The van der Waals surface area contributed by atoms with Crippen LogP contribution in [-0.4, -0.2) is 21.7 Å². The van der Waals surface area contributed by atoms with Crippen molar-refractivity contribution in [3.05, 3.63) is 40.4 Å². The molecular formula is C22H28FN3O2. The number of aromatic nitrogens is 2. The van der Waals surface area contributed by atoms with Gasteiger partial charge in [0.1, 0.15) is 12.0 Å². The van der Waals surface area contributed by atoms with E-state index < -0.39 is 6.17 Å². The number of halogens is 1. The van der Waals surface area contributed by atoms with Crippen molar-refractivity contribution >= 4 is 16.8 Å². The minimum Gasteiger partial charge on any atom is -0.273 e. The van der Waals surface area contributed by atoms with Gasteiger partial charge < -0.3 is 0 Å².